The fourth-order valence-electron chi connectivity index (χ4n) is 0.352. The van der Waals surface area contributed by atoms with Crippen molar-refractivity contribution in [2.45, 2.75) is 12.5 Å². The zero-order valence-electron chi connectivity index (χ0n) is 4.98. The Labute approximate surface area is 59.3 Å². The fourth-order valence-corrected chi connectivity index (χ4v) is 0.565. The number of hydrogen-bond donors (Lipinski definition) is 2. The summed E-state index contributed by atoms with van der Waals surface area (Å²) in [5, 5.41) is 16.3. The third-order valence-electron chi connectivity index (χ3n) is 0.800. The summed E-state index contributed by atoms with van der Waals surface area (Å²) in [4.78, 5) is 20.0. The number of carbonyl (C=O) groups is 2. The fraction of sp³-hybridized carbons (Fsp3) is 0.500. The van der Waals surface area contributed by atoms with Gasteiger partial charge in [-0.25, -0.2) is 4.79 Å². The molecule has 0 bridgehead atoms. The maximum atomic E-state index is 10.1. The average Bonchev–Trinajstić information content (AvgIpc) is 1.81. The van der Waals surface area contributed by atoms with Crippen LogP contribution in [-0.4, -0.2) is 28.3 Å². The van der Waals surface area contributed by atoms with Gasteiger partial charge in [0.2, 0.25) is 0 Å². The van der Waals surface area contributed by atoms with E-state index in [1.54, 1.807) is 9.47 Å². The van der Waals surface area contributed by atoms with E-state index in [-0.39, 0.29) is 0 Å². The summed E-state index contributed by atoms with van der Waals surface area (Å²) in [5.74, 6) is -2.48. The Hall–Kier alpha value is -0.670. The number of hydrogen-bond acceptors (Lipinski definition) is 3. The van der Waals surface area contributed by atoms with Crippen LogP contribution in [0.3, 0.4) is 0 Å². The van der Waals surface area contributed by atoms with Crippen LogP contribution < -0.4 is 0 Å². The third kappa shape index (κ3) is 3.37. The molecule has 0 aliphatic carbocycles. The molecule has 0 aromatic rings. The first-order valence-corrected chi connectivity index (χ1v) is 2.85. The minimum atomic E-state index is -1.28. The highest BCUT2D eigenvalue weighted by Gasteiger charge is 2.19. The van der Waals surface area contributed by atoms with Gasteiger partial charge in [-0.15, -0.1) is 0 Å². The molecule has 0 aromatic heterocycles. The SMILES string of the molecule is O=C(O)CC(OP)C(=O)O. The molecule has 2 atom stereocenters. The van der Waals surface area contributed by atoms with E-state index in [2.05, 4.69) is 4.52 Å². The predicted octanol–water partition coefficient (Wildman–Crippen LogP) is -0.279. The molecule has 0 spiro atoms. The van der Waals surface area contributed by atoms with Crippen molar-refractivity contribution in [3.63, 3.8) is 0 Å². The van der Waals surface area contributed by atoms with Crippen LogP contribution in [0.15, 0.2) is 0 Å². The molecule has 0 fully saturated rings. The largest absolute Gasteiger partial charge is 0.481 e. The molecule has 0 radical (unpaired) electrons. The summed E-state index contributed by atoms with van der Waals surface area (Å²) >= 11 is 0. The van der Waals surface area contributed by atoms with Gasteiger partial charge in [0, 0.05) is 9.47 Å². The highest BCUT2D eigenvalue weighted by atomic mass is 31.0. The van der Waals surface area contributed by atoms with Crippen molar-refractivity contribution in [3.8, 4) is 0 Å². The van der Waals surface area contributed by atoms with Gasteiger partial charge in [0.05, 0.1) is 6.42 Å². The van der Waals surface area contributed by atoms with Crippen molar-refractivity contribution in [2.24, 2.45) is 0 Å². The molecular weight excluding hydrogens is 159 g/mol. The molecular formula is C4H7O5P. The van der Waals surface area contributed by atoms with Crippen LogP contribution in [-0.2, 0) is 14.1 Å². The van der Waals surface area contributed by atoms with Crippen molar-refractivity contribution >= 4 is 21.4 Å². The van der Waals surface area contributed by atoms with E-state index >= 15 is 0 Å². The minimum absolute atomic E-state index is 0.529. The van der Waals surface area contributed by atoms with Crippen LogP contribution in [0.5, 0.6) is 0 Å². The van der Waals surface area contributed by atoms with Gasteiger partial charge in [0.1, 0.15) is 0 Å². The Balaban J connectivity index is 3.83. The first-order valence-electron chi connectivity index (χ1n) is 2.38. The summed E-state index contributed by atoms with van der Waals surface area (Å²) < 4.78 is 4.26. The van der Waals surface area contributed by atoms with Gasteiger partial charge in [0.15, 0.2) is 6.10 Å². The molecule has 2 N–H and O–H groups in total. The molecule has 58 valence electrons. The molecule has 0 aromatic carbocycles. The molecule has 0 saturated heterocycles. The van der Waals surface area contributed by atoms with Crippen molar-refractivity contribution in [1.29, 1.82) is 0 Å². The Morgan fingerprint density at radius 2 is 2.00 bits per heavy atom. The maximum absolute atomic E-state index is 10.1. The van der Waals surface area contributed by atoms with Gasteiger partial charge >= 0.3 is 11.9 Å². The second-order valence-electron chi connectivity index (χ2n) is 1.56. The second kappa shape index (κ2) is 4.19. The Bertz CT molecular complexity index is 145. The summed E-state index contributed by atoms with van der Waals surface area (Å²) in [6, 6.07) is 0. The summed E-state index contributed by atoms with van der Waals surface area (Å²) in [7, 11) is 1.71. The first kappa shape index (κ1) is 9.33. The zero-order chi connectivity index (χ0) is 8.15. The lowest BCUT2D eigenvalue weighted by Gasteiger charge is -2.04. The zero-order valence-corrected chi connectivity index (χ0v) is 6.14. The molecule has 5 nitrogen and oxygen atoms in total. The highest BCUT2D eigenvalue weighted by molar-refractivity contribution is 7.09. The molecule has 10 heavy (non-hydrogen) atoms. The molecule has 0 saturated carbocycles. The summed E-state index contributed by atoms with van der Waals surface area (Å²) in [5.41, 5.74) is 0. The Kier molecular flexibility index (Phi) is 3.91. The number of carboxylic acid groups (broad SMARTS) is 2. The number of rotatable bonds is 4. The van der Waals surface area contributed by atoms with Gasteiger partial charge in [-0.2, -0.15) is 0 Å². The molecule has 0 amide bonds. The van der Waals surface area contributed by atoms with Crippen LogP contribution in [0.4, 0.5) is 0 Å². The Morgan fingerprint density at radius 3 is 2.10 bits per heavy atom. The second-order valence-corrected chi connectivity index (χ2v) is 1.83. The molecule has 2 unspecified atom stereocenters. The van der Waals surface area contributed by atoms with E-state index in [4.69, 9.17) is 10.2 Å². The number of aliphatic carboxylic acids is 2. The minimum Gasteiger partial charge on any atom is -0.481 e. The normalized spacial score (nSPS) is 12.5. The maximum Gasteiger partial charge on any atom is 0.333 e. The lowest BCUT2D eigenvalue weighted by Crippen LogP contribution is -2.23. The predicted molar refractivity (Wildman–Crippen MR) is 34.5 cm³/mol. The lowest BCUT2D eigenvalue weighted by atomic mass is 10.3. The van der Waals surface area contributed by atoms with E-state index < -0.39 is 24.5 Å². The van der Waals surface area contributed by atoms with Crippen LogP contribution >= 0.6 is 9.47 Å². The van der Waals surface area contributed by atoms with E-state index in [9.17, 15) is 9.59 Å². The topological polar surface area (TPSA) is 83.8 Å². The summed E-state index contributed by atoms with van der Waals surface area (Å²) in [6.07, 6.45) is -1.80. The molecule has 0 aliphatic heterocycles. The van der Waals surface area contributed by atoms with Crippen LogP contribution in [0, 0.1) is 0 Å². The average molecular weight is 166 g/mol. The van der Waals surface area contributed by atoms with E-state index in [0.717, 1.165) is 0 Å². The van der Waals surface area contributed by atoms with Crippen molar-refractivity contribution < 1.29 is 24.3 Å². The van der Waals surface area contributed by atoms with Gasteiger partial charge < -0.3 is 14.7 Å². The standard InChI is InChI=1S/C4H7O5P/c5-3(6)1-2(9-10)4(7)8/h2H,1,10H2,(H,5,6)(H,7,8). The van der Waals surface area contributed by atoms with Gasteiger partial charge in [-0.05, 0) is 0 Å². The monoisotopic (exact) mass is 166 g/mol. The molecule has 0 rings (SSSR count). The highest BCUT2D eigenvalue weighted by Crippen LogP contribution is 2.02. The quantitative estimate of drug-likeness (QED) is 0.561. The van der Waals surface area contributed by atoms with E-state index in [0.29, 0.717) is 0 Å². The van der Waals surface area contributed by atoms with Crippen LogP contribution in [0.1, 0.15) is 6.42 Å². The van der Waals surface area contributed by atoms with Gasteiger partial charge in [0.25, 0.3) is 0 Å². The lowest BCUT2D eigenvalue weighted by molar-refractivity contribution is -0.150. The summed E-state index contributed by atoms with van der Waals surface area (Å²) in [6.45, 7) is 0. The van der Waals surface area contributed by atoms with Gasteiger partial charge in [-0.3, -0.25) is 4.79 Å². The number of carboxylic acids is 2. The van der Waals surface area contributed by atoms with E-state index in [1.807, 2.05) is 0 Å². The van der Waals surface area contributed by atoms with Crippen molar-refractivity contribution in [1.82, 2.24) is 0 Å². The molecule has 0 aliphatic rings. The van der Waals surface area contributed by atoms with Crippen LogP contribution in [0.25, 0.3) is 0 Å². The van der Waals surface area contributed by atoms with Crippen molar-refractivity contribution in [2.75, 3.05) is 0 Å². The molecule has 6 heteroatoms. The smallest absolute Gasteiger partial charge is 0.333 e. The van der Waals surface area contributed by atoms with Crippen LogP contribution in [0.2, 0.25) is 0 Å². The first-order chi connectivity index (χ1) is 4.57. The Morgan fingerprint density at radius 1 is 1.50 bits per heavy atom. The van der Waals surface area contributed by atoms with Crippen molar-refractivity contribution in [3.05, 3.63) is 0 Å². The van der Waals surface area contributed by atoms with Gasteiger partial charge in [-0.1, -0.05) is 0 Å². The van der Waals surface area contributed by atoms with E-state index in [1.165, 1.54) is 0 Å². The molecule has 0 heterocycles. The third-order valence-corrected chi connectivity index (χ3v) is 1.13.